The molecule has 4 aromatic rings. The summed E-state index contributed by atoms with van der Waals surface area (Å²) in [6, 6.07) is 12.0. The number of aromatic nitrogens is 2. The Bertz CT molecular complexity index is 1480. The average Bonchev–Trinajstić information content (AvgIpc) is 3.41. The summed E-state index contributed by atoms with van der Waals surface area (Å²) in [6.45, 7) is 3.31. The van der Waals surface area contributed by atoms with Gasteiger partial charge in [-0.25, -0.2) is 0 Å². The number of thiophene rings is 1. The molecule has 0 aliphatic carbocycles. The van der Waals surface area contributed by atoms with Crippen LogP contribution in [0, 0.1) is 6.92 Å². The number of fused-ring (bicyclic) bond motifs is 2. The molecule has 0 unspecified atom stereocenters. The number of pyridine rings is 1. The molecule has 1 aliphatic rings. The molecule has 0 spiro atoms. The van der Waals surface area contributed by atoms with E-state index in [0.29, 0.717) is 18.0 Å². The van der Waals surface area contributed by atoms with Crippen LogP contribution in [0.25, 0.3) is 21.1 Å². The van der Waals surface area contributed by atoms with Gasteiger partial charge < -0.3 is 15.2 Å². The highest BCUT2D eigenvalue weighted by molar-refractivity contribution is 7.86. The van der Waals surface area contributed by atoms with E-state index in [1.54, 1.807) is 11.1 Å². The summed E-state index contributed by atoms with van der Waals surface area (Å²) >= 11 is 1.40. The summed E-state index contributed by atoms with van der Waals surface area (Å²) in [5.74, 6) is -0.0972. The van der Waals surface area contributed by atoms with Crippen molar-refractivity contribution in [3.63, 3.8) is 0 Å². The molecule has 2 N–H and O–H groups in total. The Morgan fingerprint density at radius 3 is 2.62 bits per heavy atom. The topological polar surface area (TPSA) is 102 Å². The number of piperazine rings is 1. The average molecular weight is 499 g/mol. The van der Waals surface area contributed by atoms with E-state index in [9.17, 15) is 13.2 Å². The molecule has 3 aromatic heterocycles. The number of aryl methyl sites for hydroxylation is 1. The number of nitrogens with one attached hydrogen (secondary N) is 2. The minimum absolute atomic E-state index is 0.0972. The van der Waals surface area contributed by atoms with Gasteiger partial charge in [-0.15, -0.1) is 11.3 Å². The fourth-order valence-corrected chi connectivity index (χ4v) is 6.30. The molecule has 1 amide bonds. The van der Waals surface area contributed by atoms with E-state index < -0.39 is 10.2 Å². The van der Waals surface area contributed by atoms with Gasteiger partial charge in [-0.3, -0.25) is 9.78 Å². The van der Waals surface area contributed by atoms with Crippen LogP contribution in [0.3, 0.4) is 0 Å². The van der Waals surface area contributed by atoms with Gasteiger partial charge in [0.25, 0.3) is 16.1 Å². The molecule has 0 bridgehead atoms. The second-order valence-corrected chi connectivity index (χ2v) is 11.7. The molecule has 11 heteroatoms. The molecule has 1 aliphatic heterocycles. The number of benzene rings is 1. The first-order chi connectivity index (χ1) is 16.2. The van der Waals surface area contributed by atoms with Crippen molar-refractivity contribution in [2.24, 2.45) is 0 Å². The molecule has 1 fully saturated rings. The van der Waals surface area contributed by atoms with Crippen molar-refractivity contribution in [2.45, 2.75) is 6.92 Å². The van der Waals surface area contributed by atoms with Crippen LogP contribution in [0.2, 0.25) is 0 Å². The first-order valence-corrected chi connectivity index (χ1v) is 13.2. The molecular weight excluding hydrogens is 472 g/mol. The molecule has 0 saturated carbocycles. The Labute approximate surface area is 202 Å². The van der Waals surface area contributed by atoms with Gasteiger partial charge in [0, 0.05) is 68.8 Å². The molecule has 1 saturated heterocycles. The fourth-order valence-electron chi connectivity index (χ4n) is 4.16. The molecule has 0 atom stereocenters. The zero-order valence-corrected chi connectivity index (χ0v) is 20.8. The Hall–Kier alpha value is -2.99. The van der Waals surface area contributed by atoms with Crippen molar-refractivity contribution < 1.29 is 13.2 Å². The second kappa shape index (κ2) is 8.66. The van der Waals surface area contributed by atoms with E-state index in [2.05, 4.69) is 27.4 Å². The maximum atomic E-state index is 13.2. The number of rotatable bonds is 5. The van der Waals surface area contributed by atoms with Crippen LogP contribution in [-0.4, -0.2) is 78.1 Å². The molecule has 178 valence electrons. The SMILES string of the molecule is Cc1cc2cc(Nc3ccnc4cc(C(=O)N5CCN(S(=O)(=O)N(C)C)CC5)sc34)ccc2[nH]1. The highest BCUT2D eigenvalue weighted by Crippen LogP contribution is 2.34. The Morgan fingerprint density at radius 1 is 1.12 bits per heavy atom. The summed E-state index contributed by atoms with van der Waals surface area (Å²) in [7, 11) is -0.443. The highest BCUT2D eigenvalue weighted by atomic mass is 32.2. The smallest absolute Gasteiger partial charge is 0.281 e. The van der Waals surface area contributed by atoms with Gasteiger partial charge in [-0.05, 0) is 43.3 Å². The third-order valence-electron chi connectivity index (χ3n) is 5.97. The minimum atomic E-state index is -3.47. The van der Waals surface area contributed by atoms with Gasteiger partial charge in [-0.2, -0.15) is 17.0 Å². The van der Waals surface area contributed by atoms with Crippen LogP contribution in [0.5, 0.6) is 0 Å². The maximum Gasteiger partial charge on any atom is 0.281 e. The van der Waals surface area contributed by atoms with E-state index >= 15 is 0 Å². The van der Waals surface area contributed by atoms with Gasteiger partial charge in [0.1, 0.15) is 0 Å². The summed E-state index contributed by atoms with van der Waals surface area (Å²) in [5.41, 5.74) is 4.80. The number of nitrogens with zero attached hydrogens (tertiary/aromatic N) is 4. The van der Waals surface area contributed by atoms with Crippen LogP contribution in [0.15, 0.2) is 42.6 Å². The van der Waals surface area contributed by atoms with Gasteiger partial charge in [-0.1, -0.05) is 0 Å². The van der Waals surface area contributed by atoms with Crippen molar-refractivity contribution in [2.75, 3.05) is 45.6 Å². The normalized spacial score (nSPS) is 15.5. The quantitative estimate of drug-likeness (QED) is 0.439. The standard InChI is InChI=1S/C23H26N6O3S2/c1-15-12-16-13-17(4-5-18(16)25-15)26-19-6-7-24-20-14-21(33-22(19)20)23(30)28-8-10-29(11-9-28)34(31,32)27(2)3/h4-7,12-14,25H,8-11H2,1-3H3,(H,24,26). The van der Waals surface area contributed by atoms with Crippen LogP contribution in [0.4, 0.5) is 11.4 Å². The first kappa shape index (κ1) is 22.8. The number of anilines is 2. The number of hydrogen-bond acceptors (Lipinski definition) is 6. The predicted molar refractivity (Wildman–Crippen MR) is 136 cm³/mol. The Morgan fingerprint density at radius 2 is 1.88 bits per heavy atom. The molecule has 34 heavy (non-hydrogen) atoms. The lowest BCUT2D eigenvalue weighted by Crippen LogP contribution is -2.52. The second-order valence-electron chi connectivity index (χ2n) is 8.54. The first-order valence-electron chi connectivity index (χ1n) is 10.9. The van der Waals surface area contributed by atoms with Crippen molar-refractivity contribution in [3.8, 4) is 0 Å². The third-order valence-corrected chi connectivity index (χ3v) is 9.06. The van der Waals surface area contributed by atoms with Crippen molar-refractivity contribution in [1.29, 1.82) is 0 Å². The van der Waals surface area contributed by atoms with Gasteiger partial charge in [0.2, 0.25) is 0 Å². The molecule has 5 rings (SSSR count). The fraction of sp³-hybridized carbons (Fsp3) is 0.304. The minimum Gasteiger partial charge on any atom is -0.359 e. The number of H-pyrrole nitrogens is 1. The molecular formula is C23H26N6O3S2. The van der Waals surface area contributed by atoms with Crippen molar-refractivity contribution in [1.82, 2.24) is 23.5 Å². The Kier molecular flexibility index (Phi) is 5.80. The zero-order valence-electron chi connectivity index (χ0n) is 19.2. The summed E-state index contributed by atoms with van der Waals surface area (Å²) in [6.07, 6.45) is 1.73. The lowest BCUT2D eigenvalue weighted by atomic mass is 10.2. The van der Waals surface area contributed by atoms with Crippen LogP contribution >= 0.6 is 11.3 Å². The lowest BCUT2D eigenvalue weighted by Gasteiger charge is -2.34. The van der Waals surface area contributed by atoms with E-state index in [1.807, 2.05) is 31.2 Å². The van der Waals surface area contributed by atoms with Gasteiger partial charge in [0.05, 0.1) is 20.8 Å². The van der Waals surface area contributed by atoms with Crippen molar-refractivity contribution >= 4 is 59.9 Å². The molecule has 9 nitrogen and oxygen atoms in total. The summed E-state index contributed by atoms with van der Waals surface area (Å²) in [5, 5.41) is 4.60. The van der Waals surface area contributed by atoms with E-state index in [1.165, 1.54) is 34.0 Å². The van der Waals surface area contributed by atoms with E-state index in [0.717, 1.165) is 38.2 Å². The predicted octanol–water partition coefficient (Wildman–Crippen LogP) is 3.39. The monoisotopic (exact) mass is 498 g/mol. The third kappa shape index (κ3) is 4.16. The molecule has 4 heterocycles. The maximum absolute atomic E-state index is 13.2. The number of hydrogen-bond donors (Lipinski definition) is 2. The summed E-state index contributed by atoms with van der Waals surface area (Å²) in [4.78, 5) is 23.3. The summed E-state index contributed by atoms with van der Waals surface area (Å²) < 4.78 is 28.2. The largest absolute Gasteiger partial charge is 0.359 e. The van der Waals surface area contributed by atoms with Gasteiger partial charge in [0.15, 0.2) is 0 Å². The van der Waals surface area contributed by atoms with E-state index in [4.69, 9.17) is 0 Å². The molecule has 0 radical (unpaired) electrons. The van der Waals surface area contributed by atoms with Crippen LogP contribution in [0.1, 0.15) is 15.4 Å². The Balaban J connectivity index is 1.35. The number of carbonyl (C=O) groups is 1. The zero-order chi connectivity index (χ0) is 24.0. The van der Waals surface area contributed by atoms with E-state index in [-0.39, 0.29) is 19.0 Å². The van der Waals surface area contributed by atoms with Crippen LogP contribution in [-0.2, 0) is 10.2 Å². The lowest BCUT2D eigenvalue weighted by molar-refractivity contribution is 0.0700. The van der Waals surface area contributed by atoms with Crippen molar-refractivity contribution in [3.05, 3.63) is 53.2 Å². The number of carbonyl (C=O) groups excluding carboxylic acids is 1. The number of aromatic amines is 1. The molecule has 1 aromatic carbocycles. The number of amides is 1. The van der Waals surface area contributed by atoms with Gasteiger partial charge >= 0.3 is 0 Å². The highest BCUT2D eigenvalue weighted by Gasteiger charge is 2.31. The van der Waals surface area contributed by atoms with Crippen LogP contribution < -0.4 is 5.32 Å².